The molecule has 0 spiro atoms. The van der Waals surface area contributed by atoms with Gasteiger partial charge in [0.15, 0.2) is 0 Å². The van der Waals surface area contributed by atoms with Crippen molar-refractivity contribution in [3.8, 4) is 0 Å². The molecule has 0 amide bonds. The van der Waals surface area contributed by atoms with Crippen LogP contribution >= 0.6 is 0 Å². The monoisotopic (exact) mass is 219 g/mol. The summed E-state index contributed by atoms with van der Waals surface area (Å²) in [5.74, 6) is 0.762. The molecule has 1 aromatic carbocycles. The average molecular weight is 219 g/mol. The number of benzene rings is 1. The fraction of sp³-hybridized carbons (Fsp3) is 0.571. The molecule has 1 fully saturated rings. The van der Waals surface area contributed by atoms with Crippen molar-refractivity contribution in [2.24, 2.45) is 5.92 Å². The summed E-state index contributed by atoms with van der Waals surface area (Å²) in [6, 6.07) is 11.1. The van der Waals surface area contributed by atoms with E-state index in [1.54, 1.807) is 0 Å². The molecular weight excluding hydrogens is 198 g/mol. The Balaban J connectivity index is 1.69. The standard InChI is InChI=1S/C14H21NO/c1-12(9-14-7-8-16-11-14)15-10-13-5-3-2-4-6-13/h2-6,12,14-15H,7-11H2,1H3/t12-,14-/m0/s1. The second kappa shape index (κ2) is 6.02. The lowest BCUT2D eigenvalue weighted by atomic mass is 10.00. The van der Waals surface area contributed by atoms with Crippen molar-refractivity contribution in [3.63, 3.8) is 0 Å². The Hall–Kier alpha value is -0.860. The Morgan fingerprint density at radius 1 is 1.38 bits per heavy atom. The van der Waals surface area contributed by atoms with Gasteiger partial charge in [-0.15, -0.1) is 0 Å². The van der Waals surface area contributed by atoms with E-state index in [2.05, 4.69) is 42.6 Å². The molecular formula is C14H21NO. The molecule has 2 rings (SSSR count). The largest absolute Gasteiger partial charge is 0.381 e. The highest BCUT2D eigenvalue weighted by molar-refractivity contribution is 5.14. The molecule has 0 unspecified atom stereocenters. The van der Waals surface area contributed by atoms with E-state index < -0.39 is 0 Å². The molecule has 16 heavy (non-hydrogen) atoms. The molecule has 0 bridgehead atoms. The lowest BCUT2D eigenvalue weighted by Crippen LogP contribution is -2.28. The Kier molecular flexibility index (Phi) is 4.37. The second-order valence-electron chi connectivity index (χ2n) is 4.73. The molecule has 1 heterocycles. The van der Waals surface area contributed by atoms with Crippen molar-refractivity contribution in [1.29, 1.82) is 0 Å². The zero-order valence-corrected chi connectivity index (χ0v) is 9.99. The van der Waals surface area contributed by atoms with Crippen molar-refractivity contribution < 1.29 is 4.74 Å². The minimum atomic E-state index is 0.576. The number of hydrogen-bond acceptors (Lipinski definition) is 2. The molecule has 2 heteroatoms. The van der Waals surface area contributed by atoms with Gasteiger partial charge in [0.05, 0.1) is 0 Å². The van der Waals surface area contributed by atoms with Crippen LogP contribution in [0.5, 0.6) is 0 Å². The van der Waals surface area contributed by atoms with Crippen molar-refractivity contribution >= 4 is 0 Å². The number of hydrogen-bond donors (Lipinski definition) is 1. The van der Waals surface area contributed by atoms with Gasteiger partial charge >= 0.3 is 0 Å². The van der Waals surface area contributed by atoms with Crippen LogP contribution in [-0.2, 0) is 11.3 Å². The smallest absolute Gasteiger partial charge is 0.0495 e. The number of ether oxygens (including phenoxy) is 1. The molecule has 1 saturated heterocycles. The first-order chi connectivity index (χ1) is 7.84. The van der Waals surface area contributed by atoms with Crippen LogP contribution in [0.15, 0.2) is 30.3 Å². The van der Waals surface area contributed by atoms with E-state index in [1.807, 2.05) is 0 Å². The Morgan fingerprint density at radius 3 is 2.88 bits per heavy atom. The summed E-state index contributed by atoms with van der Waals surface area (Å²) in [6.45, 7) is 5.14. The molecule has 2 nitrogen and oxygen atoms in total. The highest BCUT2D eigenvalue weighted by Gasteiger charge is 2.17. The lowest BCUT2D eigenvalue weighted by molar-refractivity contribution is 0.182. The number of rotatable bonds is 5. The SMILES string of the molecule is C[C@@H](C[C@@H]1CCOC1)NCc1ccccc1. The van der Waals surface area contributed by atoms with E-state index in [-0.39, 0.29) is 0 Å². The molecule has 1 N–H and O–H groups in total. The first-order valence-corrected chi connectivity index (χ1v) is 6.19. The van der Waals surface area contributed by atoms with Crippen LogP contribution in [0.4, 0.5) is 0 Å². The summed E-state index contributed by atoms with van der Waals surface area (Å²) >= 11 is 0. The fourth-order valence-corrected chi connectivity index (χ4v) is 2.24. The van der Waals surface area contributed by atoms with Crippen LogP contribution in [0.25, 0.3) is 0 Å². The predicted octanol–water partition coefficient (Wildman–Crippen LogP) is 2.59. The van der Waals surface area contributed by atoms with Gasteiger partial charge in [-0.05, 0) is 31.2 Å². The molecule has 1 aliphatic rings. The third-order valence-electron chi connectivity index (χ3n) is 3.21. The predicted molar refractivity (Wildman–Crippen MR) is 66.3 cm³/mol. The quantitative estimate of drug-likeness (QED) is 0.822. The highest BCUT2D eigenvalue weighted by Crippen LogP contribution is 2.18. The summed E-state index contributed by atoms with van der Waals surface area (Å²) in [5, 5.41) is 3.57. The lowest BCUT2D eigenvalue weighted by Gasteiger charge is -2.17. The molecule has 0 radical (unpaired) electrons. The summed E-state index contributed by atoms with van der Waals surface area (Å²) in [5.41, 5.74) is 1.36. The van der Waals surface area contributed by atoms with Crippen LogP contribution < -0.4 is 5.32 Å². The van der Waals surface area contributed by atoms with E-state index in [0.29, 0.717) is 6.04 Å². The minimum Gasteiger partial charge on any atom is -0.381 e. The molecule has 1 aliphatic heterocycles. The van der Waals surface area contributed by atoms with Gasteiger partial charge in [-0.1, -0.05) is 30.3 Å². The maximum atomic E-state index is 5.39. The third kappa shape index (κ3) is 3.62. The fourth-order valence-electron chi connectivity index (χ4n) is 2.24. The van der Waals surface area contributed by atoms with Crippen LogP contribution in [0.2, 0.25) is 0 Å². The van der Waals surface area contributed by atoms with Crippen molar-refractivity contribution in [3.05, 3.63) is 35.9 Å². The van der Waals surface area contributed by atoms with Crippen LogP contribution in [-0.4, -0.2) is 19.3 Å². The average Bonchev–Trinajstić information content (AvgIpc) is 2.81. The van der Waals surface area contributed by atoms with Gasteiger partial charge in [0.1, 0.15) is 0 Å². The van der Waals surface area contributed by atoms with E-state index in [0.717, 1.165) is 25.7 Å². The van der Waals surface area contributed by atoms with Crippen molar-refractivity contribution in [1.82, 2.24) is 5.32 Å². The van der Waals surface area contributed by atoms with Gasteiger partial charge in [-0.2, -0.15) is 0 Å². The van der Waals surface area contributed by atoms with Crippen LogP contribution in [0.1, 0.15) is 25.3 Å². The molecule has 0 aliphatic carbocycles. The van der Waals surface area contributed by atoms with Crippen LogP contribution in [0.3, 0.4) is 0 Å². The molecule has 0 aromatic heterocycles. The van der Waals surface area contributed by atoms with Gasteiger partial charge in [0.2, 0.25) is 0 Å². The highest BCUT2D eigenvalue weighted by atomic mass is 16.5. The molecule has 2 atom stereocenters. The van der Waals surface area contributed by atoms with E-state index >= 15 is 0 Å². The maximum absolute atomic E-state index is 5.39. The topological polar surface area (TPSA) is 21.3 Å². The Morgan fingerprint density at radius 2 is 2.19 bits per heavy atom. The summed E-state index contributed by atoms with van der Waals surface area (Å²) in [7, 11) is 0. The third-order valence-corrected chi connectivity index (χ3v) is 3.21. The zero-order chi connectivity index (χ0) is 11.2. The molecule has 0 saturated carbocycles. The van der Waals surface area contributed by atoms with Gasteiger partial charge in [-0.25, -0.2) is 0 Å². The Bertz CT molecular complexity index is 293. The zero-order valence-electron chi connectivity index (χ0n) is 9.99. The normalized spacial score (nSPS) is 22.2. The van der Waals surface area contributed by atoms with E-state index in [9.17, 15) is 0 Å². The first-order valence-electron chi connectivity index (χ1n) is 6.19. The summed E-state index contributed by atoms with van der Waals surface area (Å²) in [6.07, 6.45) is 2.46. The summed E-state index contributed by atoms with van der Waals surface area (Å²) < 4.78 is 5.39. The van der Waals surface area contributed by atoms with Gasteiger partial charge in [-0.3, -0.25) is 0 Å². The van der Waals surface area contributed by atoms with E-state index in [1.165, 1.54) is 18.4 Å². The summed E-state index contributed by atoms with van der Waals surface area (Å²) in [4.78, 5) is 0. The second-order valence-corrected chi connectivity index (χ2v) is 4.73. The van der Waals surface area contributed by atoms with Crippen molar-refractivity contribution in [2.75, 3.05) is 13.2 Å². The van der Waals surface area contributed by atoms with Gasteiger partial charge in [0, 0.05) is 25.8 Å². The van der Waals surface area contributed by atoms with Crippen molar-refractivity contribution in [2.45, 2.75) is 32.4 Å². The number of nitrogens with one attached hydrogen (secondary N) is 1. The van der Waals surface area contributed by atoms with Gasteiger partial charge < -0.3 is 10.1 Å². The molecule has 88 valence electrons. The first kappa shape index (κ1) is 11.6. The van der Waals surface area contributed by atoms with E-state index in [4.69, 9.17) is 4.74 Å². The van der Waals surface area contributed by atoms with Gasteiger partial charge in [0.25, 0.3) is 0 Å². The maximum Gasteiger partial charge on any atom is 0.0495 e. The Labute approximate surface area is 98.0 Å². The molecule has 1 aromatic rings. The minimum absolute atomic E-state index is 0.576. The van der Waals surface area contributed by atoms with Crippen LogP contribution in [0, 0.1) is 5.92 Å².